The highest BCUT2D eigenvalue weighted by Gasteiger charge is 2.25. The molecule has 1 aromatic carbocycles. The van der Waals surface area contributed by atoms with Crippen LogP contribution >= 0.6 is 11.3 Å². The number of likely N-dealkylation sites (tertiary alicyclic amines) is 1. The van der Waals surface area contributed by atoms with Crippen molar-refractivity contribution in [2.24, 2.45) is 5.92 Å². The zero-order valence-corrected chi connectivity index (χ0v) is 12.8. The normalized spacial score (nSPS) is 16.8. The molecule has 2 N–H and O–H groups in total. The van der Waals surface area contributed by atoms with E-state index in [1.54, 1.807) is 0 Å². The molecule has 0 radical (unpaired) electrons. The summed E-state index contributed by atoms with van der Waals surface area (Å²) < 4.78 is 1.11. The SMILES string of the molecule is Cc1ccc2c(N)c(C(=O)N3CCC(C)CC3)sc2c1. The second-order valence-corrected chi connectivity index (χ2v) is 6.87. The number of fused-ring (bicyclic) bond motifs is 1. The largest absolute Gasteiger partial charge is 0.397 e. The van der Waals surface area contributed by atoms with Crippen molar-refractivity contribution in [1.29, 1.82) is 0 Å². The van der Waals surface area contributed by atoms with Gasteiger partial charge in [0.05, 0.1) is 5.69 Å². The highest BCUT2D eigenvalue weighted by Crippen LogP contribution is 2.35. The highest BCUT2D eigenvalue weighted by molar-refractivity contribution is 7.21. The van der Waals surface area contributed by atoms with Crippen LogP contribution in [0, 0.1) is 12.8 Å². The second kappa shape index (κ2) is 5.09. The molecule has 3 nitrogen and oxygen atoms in total. The molecule has 2 heterocycles. The van der Waals surface area contributed by atoms with Gasteiger partial charge in [0.15, 0.2) is 0 Å². The molecule has 3 rings (SSSR count). The molecular weight excluding hydrogens is 268 g/mol. The van der Waals surface area contributed by atoms with E-state index in [4.69, 9.17) is 5.73 Å². The zero-order chi connectivity index (χ0) is 14.3. The Morgan fingerprint density at radius 3 is 2.75 bits per heavy atom. The van der Waals surface area contributed by atoms with E-state index in [-0.39, 0.29) is 5.91 Å². The van der Waals surface area contributed by atoms with Crippen molar-refractivity contribution in [3.05, 3.63) is 28.6 Å². The number of carbonyl (C=O) groups excluding carboxylic acids is 1. The fourth-order valence-corrected chi connectivity index (χ4v) is 3.93. The number of anilines is 1. The molecule has 0 aliphatic carbocycles. The number of hydrogen-bond acceptors (Lipinski definition) is 3. The predicted octanol–water partition coefficient (Wildman–Crippen LogP) is 3.66. The van der Waals surface area contributed by atoms with Crippen LogP contribution in [-0.4, -0.2) is 23.9 Å². The maximum atomic E-state index is 12.6. The number of benzene rings is 1. The van der Waals surface area contributed by atoms with E-state index < -0.39 is 0 Å². The molecule has 2 aromatic rings. The van der Waals surface area contributed by atoms with Crippen molar-refractivity contribution in [3.8, 4) is 0 Å². The van der Waals surface area contributed by atoms with Gasteiger partial charge in [-0.3, -0.25) is 4.79 Å². The van der Waals surface area contributed by atoms with Gasteiger partial charge in [-0.05, 0) is 37.3 Å². The molecule has 1 aromatic heterocycles. The van der Waals surface area contributed by atoms with Crippen LogP contribution in [0.25, 0.3) is 10.1 Å². The molecule has 4 heteroatoms. The fraction of sp³-hybridized carbons (Fsp3) is 0.438. The van der Waals surface area contributed by atoms with E-state index in [1.165, 1.54) is 16.9 Å². The van der Waals surface area contributed by atoms with Crippen LogP contribution in [0.2, 0.25) is 0 Å². The minimum atomic E-state index is 0.105. The predicted molar refractivity (Wildman–Crippen MR) is 85.3 cm³/mol. The van der Waals surface area contributed by atoms with Crippen molar-refractivity contribution in [3.63, 3.8) is 0 Å². The molecule has 1 fully saturated rings. The maximum absolute atomic E-state index is 12.6. The summed E-state index contributed by atoms with van der Waals surface area (Å²) in [6.45, 7) is 6.01. The molecule has 0 unspecified atom stereocenters. The Bertz CT molecular complexity index is 654. The molecule has 1 saturated heterocycles. The Hall–Kier alpha value is -1.55. The van der Waals surface area contributed by atoms with E-state index in [0.717, 1.165) is 41.9 Å². The van der Waals surface area contributed by atoms with Crippen molar-refractivity contribution < 1.29 is 4.79 Å². The highest BCUT2D eigenvalue weighted by atomic mass is 32.1. The fourth-order valence-electron chi connectivity index (χ4n) is 2.74. The summed E-state index contributed by atoms with van der Waals surface area (Å²) in [5.41, 5.74) is 8.03. The first-order valence-electron chi connectivity index (χ1n) is 7.14. The Kier molecular flexibility index (Phi) is 3.42. The van der Waals surface area contributed by atoms with Crippen LogP contribution < -0.4 is 5.73 Å². The minimum Gasteiger partial charge on any atom is -0.397 e. The van der Waals surface area contributed by atoms with Crippen molar-refractivity contribution in [2.45, 2.75) is 26.7 Å². The van der Waals surface area contributed by atoms with Crippen LogP contribution in [0.5, 0.6) is 0 Å². The summed E-state index contributed by atoms with van der Waals surface area (Å²) >= 11 is 1.52. The van der Waals surface area contributed by atoms with Crippen LogP contribution in [0.3, 0.4) is 0 Å². The quantitative estimate of drug-likeness (QED) is 0.870. The van der Waals surface area contributed by atoms with Gasteiger partial charge in [0, 0.05) is 23.2 Å². The Labute approximate surface area is 123 Å². The van der Waals surface area contributed by atoms with Crippen LogP contribution in [-0.2, 0) is 0 Å². The van der Waals surface area contributed by atoms with Gasteiger partial charge in [-0.2, -0.15) is 0 Å². The molecule has 1 aliphatic heterocycles. The number of nitrogens with zero attached hydrogens (tertiary/aromatic N) is 1. The van der Waals surface area contributed by atoms with Gasteiger partial charge in [0.25, 0.3) is 5.91 Å². The molecule has 1 aliphatic rings. The Morgan fingerprint density at radius 1 is 1.35 bits per heavy atom. The smallest absolute Gasteiger partial charge is 0.266 e. The van der Waals surface area contributed by atoms with E-state index in [9.17, 15) is 4.79 Å². The lowest BCUT2D eigenvalue weighted by atomic mass is 9.99. The minimum absolute atomic E-state index is 0.105. The summed E-state index contributed by atoms with van der Waals surface area (Å²) in [5.74, 6) is 0.828. The van der Waals surface area contributed by atoms with E-state index in [1.807, 2.05) is 17.0 Å². The number of nitrogens with two attached hydrogens (primary N) is 1. The number of thiophene rings is 1. The van der Waals surface area contributed by atoms with Gasteiger partial charge >= 0.3 is 0 Å². The number of carbonyl (C=O) groups is 1. The summed E-state index contributed by atoms with van der Waals surface area (Å²) in [7, 11) is 0. The lowest BCUT2D eigenvalue weighted by Gasteiger charge is -2.30. The van der Waals surface area contributed by atoms with Gasteiger partial charge in [-0.25, -0.2) is 0 Å². The Balaban J connectivity index is 1.93. The van der Waals surface area contributed by atoms with Crippen molar-refractivity contribution in [1.82, 2.24) is 4.90 Å². The number of aryl methyl sites for hydroxylation is 1. The molecule has 0 spiro atoms. The number of piperidine rings is 1. The van der Waals surface area contributed by atoms with Crippen LogP contribution in [0.4, 0.5) is 5.69 Å². The first kappa shape index (κ1) is 13.4. The summed E-state index contributed by atoms with van der Waals surface area (Å²) in [5, 5.41) is 1.01. The molecule has 0 atom stereocenters. The topological polar surface area (TPSA) is 46.3 Å². The number of hydrogen-bond donors (Lipinski definition) is 1. The zero-order valence-electron chi connectivity index (χ0n) is 12.0. The van der Waals surface area contributed by atoms with Crippen molar-refractivity contribution in [2.75, 3.05) is 18.8 Å². The van der Waals surface area contributed by atoms with E-state index in [0.29, 0.717) is 10.6 Å². The van der Waals surface area contributed by atoms with Gasteiger partial charge in [-0.15, -0.1) is 11.3 Å². The molecule has 20 heavy (non-hydrogen) atoms. The summed E-state index contributed by atoms with van der Waals surface area (Å²) in [6.07, 6.45) is 2.19. The number of amides is 1. The van der Waals surface area contributed by atoms with Gasteiger partial charge in [0.1, 0.15) is 4.88 Å². The van der Waals surface area contributed by atoms with Gasteiger partial charge in [-0.1, -0.05) is 19.1 Å². The van der Waals surface area contributed by atoms with E-state index >= 15 is 0 Å². The monoisotopic (exact) mass is 288 g/mol. The third-order valence-electron chi connectivity index (χ3n) is 4.15. The molecule has 0 saturated carbocycles. The molecular formula is C16H20N2OS. The average molecular weight is 288 g/mol. The molecule has 106 valence electrons. The van der Waals surface area contributed by atoms with Gasteiger partial charge in [0.2, 0.25) is 0 Å². The number of rotatable bonds is 1. The molecule has 1 amide bonds. The maximum Gasteiger partial charge on any atom is 0.266 e. The van der Waals surface area contributed by atoms with Crippen LogP contribution in [0.15, 0.2) is 18.2 Å². The summed E-state index contributed by atoms with van der Waals surface area (Å²) in [4.78, 5) is 15.3. The first-order valence-corrected chi connectivity index (χ1v) is 7.96. The summed E-state index contributed by atoms with van der Waals surface area (Å²) in [6, 6.07) is 6.17. The Morgan fingerprint density at radius 2 is 2.05 bits per heavy atom. The third kappa shape index (κ3) is 2.29. The van der Waals surface area contributed by atoms with Gasteiger partial charge < -0.3 is 10.6 Å². The molecule has 0 bridgehead atoms. The van der Waals surface area contributed by atoms with Crippen molar-refractivity contribution >= 4 is 33.0 Å². The van der Waals surface area contributed by atoms with Crippen LogP contribution in [0.1, 0.15) is 35.0 Å². The standard InChI is InChI=1S/C16H20N2OS/c1-10-5-7-18(8-6-10)16(19)15-14(17)12-4-3-11(2)9-13(12)20-15/h3-4,9-10H,5-8,17H2,1-2H3. The van der Waals surface area contributed by atoms with E-state index in [2.05, 4.69) is 19.9 Å². The third-order valence-corrected chi connectivity index (χ3v) is 5.31. The lowest BCUT2D eigenvalue weighted by Crippen LogP contribution is -2.37. The number of nitrogen functional groups attached to an aromatic ring is 1. The second-order valence-electron chi connectivity index (χ2n) is 5.82. The first-order chi connectivity index (χ1) is 9.56. The lowest BCUT2D eigenvalue weighted by molar-refractivity contribution is 0.0703. The average Bonchev–Trinajstić information content (AvgIpc) is 2.75.